The van der Waals surface area contributed by atoms with Gasteiger partial charge in [0.15, 0.2) is 0 Å². The predicted molar refractivity (Wildman–Crippen MR) is 208 cm³/mol. The molecule has 0 aliphatic heterocycles. The van der Waals surface area contributed by atoms with Crippen molar-refractivity contribution in [3.63, 3.8) is 0 Å². The van der Waals surface area contributed by atoms with Crippen molar-refractivity contribution in [2.24, 2.45) is 0 Å². The fourth-order valence-corrected chi connectivity index (χ4v) is 10.2. The lowest BCUT2D eigenvalue weighted by atomic mass is 10.2. The monoisotopic (exact) mass is 811 g/mol. The lowest BCUT2D eigenvalue weighted by Gasteiger charge is -2.30. The van der Waals surface area contributed by atoms with Crippen LogP contribution in [0.4, 0.5) is 11.4 Å². The summed E-state index contributed by atoms with van der Waals surface area (Å²) in [4.78, 5) is -0.383. The van der Waals surface area contributed by atoms with Crippen molar-refractivity contribution < 1.29 is 37.9 Å². The summed E-state index contributed by atoms with van der Waals surface area (Å²) < 4.78 is 120. The molecule has 54 heavy (non-hydrogen) atoms. The van der Waals surface area contributed by atoms with E-state index in [2.05, 4.69) is 4.72 Å². The average molecular weight is 812 g/mol. The number of benzene rings is 5. The zero-order valence-electron chi connectivity index (χ0n) is 30.1. The van der Waals surface area contributed by atoms with Gasteiger partial charge in [0.2, 0.25) is 10.0 Å². The SMILES string of the molecule is Cc1ccc(S(=O)(=O)Nc2ccccc2N(CCN(CCOS(=O)(=O)c2ccc(C)cc2)S(=O)(=O)c2ccc(C)cc2)S(=O)(=O)c2ccc(C)cc2)cc1. The summed E-state index contributed by atoms with van der Waals surface area (Å²) in [7, 11) is -17.3. The van der Waals surface area contributed by atoms with Crippen LogP contribution in [-0.2, 0) is 44.4 Å². The molecule has 0 aliphatic carbocycles. The van der Waals surface area contributed by atoms with Gasteiger partial charge in [0.25, 0.3) is 30.2 Å². The van der Waals surface area contributed by atoms with Gasteiger partial charge in [-0.05, 0) is 88.4 Å². The maximum Gasteiger partial charge on any atom is 0.297 e. The normalized spacial score (nSPS) is 12.5. The molecular weight excluding hydrogens is 771 g/mol. The van der Waals surface area contributed by atoms with E-state index < -0.39 is 66.4 Å². The summed E-state index contributed by atoms with van der Waals surface area (Å²) >= 11 is 0. The Morgan fingerprint density at radius 2 is 0.907 bits per heavy atom. The molecule has 286 valence electrons. The number of rotatable bonds is 16. The second kappa shape index (κ2) is 16.4. The minimum atomic E-state index is -4.46. The zero-order valence-corrected chi connectivity index (χ0v) is 33.3. The fraction of sp³-hybridized carbons (Fsp3) is 0.211. The van der Waals surface area contributed by atoms with E-state index in [1.807, 2.05) is 6.92 Å². The summed E-state index contributed by atoms with van der Waals surface area (Å²) in [6, 6.07) is 30.0. The minimum absolute atomic E-state index is 0.0493. The average Bonchev–Trinajstić information content (AvgIpc) is 3.12. The Morgan fingerprint density at radius 1 is 0.481 bits per heavy atom. The van der Waals surface area contributed by atoms with Crippen LogP contribution in [0.15, 0.2) is 141 Å². The van der Waals surface area contributed by atoms with Crippen LogP contribution >= 0.6 is 0 Å². The molecular formula is C38H41N3O9S4. The van der Waals surface area contributed by atoms with Crippen molar-refractivity contribution in [1.82, 2.24) is 4.31 Å². The third-order valence-corrected chi connectivity index (χ3v) is 14.9. The molecule has 0 spiro atoms. The van der Waals surface area contributed by atoms with E-state index in [1.54, 1.807) is 69.3 Å². The lowest BCUT2D eigenvalue weighted by Crippen LogP contribution is -2.43. The highest BCUT2D eigenvalue weighted by atomic mass is 32.2. The summed E-state index contributed by atoms with van der Waals surface area (Å²) in [5.41, 5.74) is 3.12. The van der Waals surface area contributed by atoms with E-state index >= 15 is 0 Å². The summed E-state index contributed by atoms with van der Waals surface area (Å²) in [5.74, 6) is 0. The van der Waals surface area contributed by atoms with Crippen LogP contribution in [0.2, 0.25) is 0 Å². The first-order valence-electron chi connectivity index (χ1n) is 16.7. The molecule has 5 rings (SSSR count). The number of nitrogens with one attached hydrogen (secondary N) is 1. The molecule has 0 heterocycles. The number of aryl methyl sites for hydroxylation is 4. The van der Waals surface area contributed by atoms with E-state index in [9.17, 15) is 33.7 Å². The van der Waals surface area contributed by atoms with Crippen molar-refractivity contribution in [2.75, 3.05) is 35.3 Å². The highest BCUT2D eigenvalue weighted by Gasteiger charge is 2.32. The molecule has 0 fully saturated rings. The predicted octanol–water partition coefficient (Wildman–Crippen LogP) is 6.01. The number of sulfonamides is 3. The summed E-state index contributed by atoms with van der Waals surface area (Å²) in [5, 5.41) is 0. The molecule has 0 aromatic heterocycles. The van der Waals surface area contributed by atoms with Gasteiger partial charge in [-0.1, -0.05) is 82.9 Å². The van der Waals surface area contributed by atoms with Gasteiger partial charge >= 0.3 is 0 Å². The van der Waals surface area contributed by atoms with Crippen LogP contribution in [0.1, 0.15) is 22.3 Å². The van der Waals surface area contributed by atoms with Crippen molar-refractivity contribution in [2.45, 2.75) is 47.3 Å². The third-order valence-electron chi connectivity index (χ3n) is 8.46. The Morgan fingerprint density at radius 3 is 1.41 bits per heavy atom. The number of hydrogen-bond acceptors (Lipinski definition) is 9. The fourth-order valence-electron chi connectivity index (χ4n) is 5.34. The maximum atomic E-state index is 14.4. The largest absolute Gasteiger partial charge is 0.297 e. The van der Waals surface area contributed by atoms with Crippen molar-refractivity contribution in [3.05, 3.63) is 144 Å². The maximum absolute atomic E-state index is 14.4. The first-order chi connectivity index (χ1) is 25.4. The van der Waals surface area contributed by atoms with Crippen LogP contribution in [-0.4, -0.2) is 64.2 Å². The van der Waals surface area contributed by atoms with Crippen molar-refractivity contribution >= 4 is 51.6 Å². The van der Waals surface area contributed by atoms with Crippen LogP contribution < -0.4 is 9.03 Å². The van der Waals surface area contributed by atoms with Crippen LogP contribution in [0.25, 0.3) is 0 Å². The molecule has 5 aromatic carbocycles. The molecule has 0 radical (unpaired) electrons. The first-order valence-corrected chi connectivity index (χ1v) is 22.5. The van der Waals surface area contributed by atoms with Gasteiger partial charge in [-0.15, -0.1) is 0 Å². The molecule has 0 amide bonds. The number of hydrogen-bond donors (Lipinski definition) is 1. The lowest BCUT2D eigenvalue weighted by molar-refractivity contribution is 0.277. The Hall–Kier alpha value is -4.58. The molecule has 0 aliphatic rings. The smallest absolute Gasteiger partial charge is 0.277 e. The number of nitrogens with zero attached hydrogens (tertiary/aromatic N) is 2. The number of anilines is 2. The molecule has 0 atom stereocenters. The molecule has 1 N–H and O–H groups in total. The molecule has 0 bridgehead atoms. The van der Waals surface area contributed by atoms with E-state index in [0.717, 1.165) is 30.9 Å². The summed E-state index contributed by atoms with van der Waals surface area (Å²) in [6.07, 6.45) is 0. The van der Waals surface area contributed by atoms with Crippen LogP contribution in [0.3, 0.4) is 0 Å². The highest BCUT2D eigenvalue weighted by molar-refractivity contribution is 7.93. The molecule has 0 unspecified atom stereocenters. The minimum Gasteiger partial charge on any atom is -0.277 e. The summed E-state index contributed by atoms with van der Waals surface area (Å²) in [6.45, 7) is 5.15. The quantitative estimate of drug-likeness (QED) is 0.118. The zero-order chi connectivity index (χ0) is 39.3. The molecule has 0 saturated carbocycles. The van der Waals surface area contributed by atoms with E-state index in [0.29, 0.717) is 0 Å². The van der Waals surface area contributed by atoms with Gasteiger partial charge in [-0.25, -0.2) is 25.3 Å². The second-order valence-corrected chi connectivity index (χ2v) is 19.7. The van der Waals surface area contributed by atoms with Crippen molar-refractivity contribution in [1.29, 1.82) is 0 Å². The third kappa shape index (κ3) is 9.55. The molecule has 0 saturated heterocycles. The topological polar surface area (TPSA) is 164 Å². The number of para-hydroxylation sites is 2. The standard InChI is InChI=1S/C38H41N3O9S4/c1-29-9-17-33(18-10-29)51(42,43)39-37-7-5-6-8-38(37)41(53(46,47)35-21-13-31(3)14-22-35)26-25-40(52(44,45)34-19-11-30(2)12-20-34)27-28-50-54(48,49)36-23-15-32(4)16-24-36/h5-24,39H,25-28H2,1-4H3. The molecule has 5 aromatic rings. The van der Waals surface area contributed by atoms with Gasteiger partial charge in [-0.3, -0.25) is 13.2 Å². The Labute approximate surface area is 318 Å². The van der Waals surface area contributed by atoms with Crippen LogP contribution in [0, 0.1) is 27.7 Å². The van der Waals surface area contributed by atoms with E-state index in [-0.39, 0.29) is 31.0 Å². The highest BCUT2D eigenvalue weighted by Crippen LogP contribution is 2.33. The second-order valence-electron chi connectivity index (χ2n) is 12.6. The van der Waals surface area contributed by atoms with Crippen molar-refractivity contribution in [3.8, 4) is 0 Å². The van der Waals surface area contributed by atoms with Gasteiger partial charge in [0.05, 0.1) is 37.6 Å². The van der Waals surface area contributed by atoms with Gasteiger partial charge in [-0.2, -0.15) is 12.7 Å². The van der Waals surface area contributed by atoms with E-state index in [1.165, 1.54) is 72.8 Å². The Bertz CT molecular complexity index is 2530. The van der Waals surface area contributed by atoms with Gasteiger partial charge in [0, 0.05) is 19.6 Å². The molecule has 16 heteroatoms. The Kier molecular flexibility index (Phi) is 12.3. The van der Waals surface area contributed by atoms with Crippen LogP contribution in [0.5, 0.6) is 0 Å². The first kappa shape index (κ1) is 40.6. The van der Waals surface area contributed by atoms with Gasteiger partial charge < -0.3 is 0 Å². The van der Waals surface area contributed by atoms with E-state index in [4.69, 9.17) is 4.18 Å². The molecule has 12 nitrogen and oxygen atoms in total. The van der Waals surface area contributed by atoms with Gasteiger partial charge in [0.1, 0.15) is 0 Å². The Balaban J connectivity index is 1.53.